The molecule has 4 heteroatoms. The van der Waals surface area contributed by atoms with Crippen LogP contribution in [0.25, 0.3) is 0 Å². The lowest BCUT2D eigenvalue weighted by atomic mass is 10.1. The van der Waals surface area contributed by atoms with E-state index in [1.165, 1.54) is 11.5 Å². The number of carbonyl (C=O) groups excluding carboxylic acids is 1. The van der Waals surface area contributed by atoms with Crippen molar-refractivity contribution in [3.05, 3.63) is 10.8 Å². The van der Waals surface area contributed by atoms with E-state index in [0.717, 1.165) is 10.8 Å². The standard InChI is InChI=1S/C11H18N2OS/c1-7(2)5-9(14)6-10-12-11(8(3)4)13-15-10/h7-8H,5-6H2,1-4H3. The zero-order chi connectivity index (χ0) is 11.4. The number of hydrogen-bond acceptors (Lipinski definition) is 4. The number of aromatic nitrogens is 2. The summed E-state index contributed by atoms with van der Waals surface area (Å²) in [6.45, 7) is 8.22. The van der Waals surface area contributed by atoms with Crippen LogP contribution in [0.1, 0.15) is 50.9 Å². The van der Waals surface area contributed by atoms with E-state index >= 15 is 0 Å². The summed E-state index contributed by atoms with van der Waals surface area (Å²) in [5.41, 5.74) is 0. The van der Waals surface area contributed by atoms with Crippen LogP contribution in [0, 0.1) is 5.92 Å². The van der Waals surface area contributed by atoms with Crippen molar-refractivity contribution in [3.63, 3.8) is 0 Å². The van der Waals surface area contributed by atoms with Gasteiger partial charge in [-0.2, -0.15) is 4.37 Å². The van der Waals surface area contributed by atoms with Crippen molar-refractivity contribution < 1.29 is 4.79 Å². The molecule has 0 saturated heterocycles. The molecule has 0 radical (unpaired) electrons. The topological polar surface area (TPSA) is 42.9 Å². The summed E-state index contributed by atoms with van der Waals surface area (Å²) in [5, 5.41) is 0.851. The van der Waals surface area contributed by atoms with Gasteiger partial charge in [0.15, 0.2) is 0 Å². The summed E-state index contributed by atoms with van der Waals surface area (Å²) in [5.74, 6) is 1.88. The summed E-state index contributed by atoms with van der Waals surface area (Å²) in [4.78, 5) is 15.9. The van der Waals surface area contributed by atoms with Gasteiger partial charge in [0.1, 0.15) is 16.6 Å². The van der Waals surface area contributed by atoms with E-state index in [2.05, 4.69) is 37.1 Å². The van der Waals surface area contributed by atoms with Crippen LogP contribution < -0.4 is 0 Å². The average molecular weight is 226 g/mol. The van der Waals surface area contributed by atoms with E-state index < -0.39 is 0 Å². The number of hydrogen-bond donors (Lipinski definition) is 0. The third-order valence-corrected chi connectivity index (χ3v) is 2.71. The third kappa shape index (κ3) is 4.08. The highest BCUT2D eigenvalue weighted by Crippen LogP contribution is 2.15. The lowest BCUT2D eigenvalue weighted by molar-refractivity contribution is -0.119. The van der Waals surface area contributed by atoms with Crippen molar-refractivity contribution in [2.75, 3.05) is 0 Å². The van der Waals surface area contributed by atoms with Gasteiger partial charge in [-0.3, -0.25) is 4.79 Å². The molecule has 1 rings (SSSR count). The number of ketones is 1. The first-order valence-corrected chi connectivity index (χ1v) is 6.10. The SMILES string of the molecule is CC(C)CC(=O)Cc1nc(C(C)C)ns1. The first kappa shape index (κ1) is 12.3. The highest BCUT2D eigenvalue weighted by molar-refractivity contribution is 7.05. The van der Waals surface area contributed by atoms with Crippen LogP contribution in [0.15, 0.2) is 0 Å². The molecule has 0 aromatic carbocycles. The molecule has 0 aliphatic heterocycles. The van der Waals surface area contributed by atoms with Gasteiger partial charge in [-0.1, -0.05) is 27.7 Å². The molecule has 0 N–H and O–H groups in total. The summed E-state index contributed by atoms with van der Waals surface area (Å²) in [6, 6.07) is 0. The Labute approximate surface area is 95.1 Å². The van der Waals surface area contributed by atoms with Gasteiger partial charge in [-0.05, 0) is 17.5 Å². The van der Waals surface area contributed by atoms with E-state index in [0.29, 0.717) is 24.7 Å². The van der Waals surface area contributed by atoms with Crippen LogP contribution in [0.2, 0.25) is 0 Å². The second kappa shape index (κ2) is 5.35. The Kier molecular flexibility index (Phi) is 4.39. The summed E-state index contributed by atoms with van der Waals surface area (Å²) < 4.78 is 4.23. The van der Waals surface area contributed by atoms with Crippen molar-refractivity contribution in [3.8, 4) is 0 Å². The van der Waals surface area contributed by atoms with E-state index in [4.69, 9.17) is 0 Å². The van der Waals surface area contributed by atoms with Crippen molar-refractivity contribution >= 4 is 17.3 Å². The molecule has 1 aromatic rings. The van der Waals surface area contributed by atoms with Gasteiger partial charge < -0.3 is 0 Å². The Morgan fingerprint density at radius 2 is 2.00 bits per heavy atom. The zero-order valence-electron chi connectivity index (χ0n) is 9.78. The molecule has 0 spiro atoms. The average Bonchev–Trinajstić information content (AvgIpc) is 2.50. The first-order valence-electron chi connectivity index (χ1n) is 5.33. The van der Waals surface area contributed by atoms with Crippen LogP contribution in [0.3, 0.4) is 0 Å². The van der Waals surface area contributed by atoms with E-state index in [9.17, 15) is 4.79 Å². The minimum absolute atomic E-state index is 0.261. The number of nitrogens with zero attached hydrogens (tertiary/aromatic N) is 2. The maximum absolute atomic E-state index is 11.5. The molecule has 0 fully saturated rings. The third-order valence-electron chi connectivity index (χ3n) is 1.98. The highest BCUT2D eigenvalue weighted by Gasteiger charge is 2.12. The molecule has 0 saturated carbocycles. The van der Waals surface area contributed by atoms with Gasteiger partial charge in [0, 0.05) is 12.3 Å². The van der Waals surface area contributed by atoms with E-state index in [-0.39, 0.29) is 5.78 Å². The maximum atomic E-state index is 11.5. The fourth-order valence-corrected chi connectivity index (χ4v) is 2.08. The summed E-state index contributed by atoms with van der Waals surface area (Å²) in [6.07, 6.45) is 1.08. The zero-order valence-corrected chi connectivity index (χ0v) is 10.6. The van der Waals surface area contributed by atoms with Crippen LogP contribution in [0.5, 0.6) is 0 Å². The monoisotopic (exact) mass is 226 g/mol. The van der Waals surface area contributed by atoms with Crippen molar-refractivity contribution in [2.45, 2.75) is 46.5 Å². The van der Waals surface area contributed by atoms with Gasteiger partial charge in [0.05, 0.1) is 6.42 Å². The summed E-state index contributed by atoms with van der Waals surface area (Å²) in [7, 11) is 0. The minimum Gasteiger partial charge on any atom is -0.299 e. The molecule has 1 heterocycles. The van der Waals surface area contributed by atoms with Crippen LogP contribution in [-0.2, 0) is 11.2 Å². The number of carbonyl (C=O) groups is 1. The van der Waals surface area contributed by atoms with Crippen LogP contribution >= 0.6 is 11.5 Å². The molecule has 0 aliphatic carbocycles. The smallest absolute Gasteiger partial charge is 0.145 e. The predicted octanol–water partition coefficient (Wildman–Crippen LogP) is 2.82. The Morgan fingerprint density at radius 1 is 1.33 bits per heavy atom. The largest absolute Gasteiger partial charge is 0.299 e. The minimum atomic E-state index is 0.261. The lowest BCUT2D eigenvalue weighted by Crippen LogP contribution is -2.06. The fraction of sp³-hybridized carbons (Fsp3) is 0.727. The number of rotatable bonds is 5. The van der Waals surface area contributed by atoms with Gasteiger partial charge in [-0.15, -0.1) is 0 Å². The van der Waals surface area contributed by atoms with E-state index in [1.54, 1.807) is 0 Å². The maximum Gasteiger partial charge on any atom is 0.145 e. The molecule has 0 aliphatic rings. The number of Topliss-reactive ketones (excluding diaryl/α,β-unsaturated/α-hetero) is 1. The second-order valence-electron chi connectivity index (χ2n) is 4.51. The molecule has 15 heavy (non-hydrogen) atoms. The predicted molar refractivity (Wildman–Crippen MR) is 62.2 cm³/mol. The highest BCUT2D eigenvalue weighted by atomic mass is 32.1. The molecule has 0 amide bonds. The van der Waals surface area contributed by atoms with Crippen molar-refractivity contribution in [1.29, 1.82) is 0 Å². The Balaban J connectivity index is 2.53. The quantitative estimate of drug-likeness (QED) is 0.775. The van der Waals surface area contributed by atoms with Gasteiger partial charge >= 0.3 is 0 Å². The van der Waals surface area contributed by atoms with Crippen molar-refractivity contribution in [2.24, 2.45) is 5.92 Å². The molecular formula is C11H18N2OS. The Bertz CT molecular complexity index is 331. The molecule has 3 nitrogen and oxygen atoms in total. The van der Waals surface area contributed by atoms with Crippen LogP contribution in [-0.4, -0.2) is 15.1 Å². The fourth-order valence-electron chi connectivity index (χ4n) is 1.27. The molecule has 84 valence electrons. The van der Waals surface area contributed by atoms with Gasteiger partial charge in [-0.25, -0.2) is 4.98 Å². The normalized spacial score (nSPS) is 11.3. The van der Waals surface area contributed by atoms with Gasteiger partial charge in [0.2, 0.25) is 0 Å². The second-order valence-corrected chi connectivity index (χ2v) is 5.35. The van der Waals surface area contributed by atoms with Gasteiger partial charge in [0.25, 0.3) is 0 Å². The van der Waals surface area contributed by atoms with Crippen LogP contribution in [0.4, 0.5) is 0 Å². The Hall–Kier alpha value is -0.770. The van der Waals surface area contributed by atoms with Crippen molar-refractivity contribution in [1.82, 2.24) is 9.36 Å². The molecular weight excluding hydrogens is 208 g/mol. The Morgan fingerprint density at radius 3 is 2.47 bits per heavy atom. The molecule has 0 bridgehead atoms. The lowest BCUT2D eigenvalue weighted by Gasteiger charge is -2.00. The van der Waals surface area contributed by atoms with E-state index in [1.807, 2.05) is 0 Å². The molecule has 1 aromatic heterocycles. The summed E-state index contributed by atoms with van der Waals surface area (Å²) >= 11 is 1.35. The molecule has 0 atom stereocenters. The first-order chi connectivity index (χ1) is 6.99. The molecule has 0 unspecified atom stereocenters.